The number of aliphatic hydroxyl groups excluding tert-OH is 1. The predicted octanol–water partition coefficient (Wildman–Crippen LogP) is 1.55. The van der Waals surface area contributed by atoms with Crippen molar-refractivity contribution in [2.75, 3.05) is 31.1 Å². The van der Waals surface area contributed by atoms with Crippen molar-refractivity contribution in [2.24, 2.45) is 0 Å². The average molecular weight is 266 g/mol. The van der Waals surface area contributed by atoms with Crippen LogP contribution < -0.4 is 4.90 Å². The van der Waals surface area contributed by atoms with Crippen molar-refractivity contribution in [1.82, 2.24) is 4.90 Å². The highest BCUT2D eigenvalue weighted by Crippen LogP contribution is 2.29. The number of piperazine rings is 1. The van der Waals surface area contributed by atoms with Gasteiger partial charge in [-0.1, -0.05) is 6.07 Å². The highest BCUT2D eigenvalue weighted by atomic mass is 19.1. The second-order valence-electron chi connectivity index (χ2n) is 4.84. The molecule has 1 atom stereocenters. The van der Waals surface area contributed by atoms with Crippen molar-refractivity contribution < 1.29 is 14.3 Å². The Balaban J connectivity index is 2.20. The summed E-state index contributed by atoms with van der Waals surface area (Å²) >= 11 is 0. The molecule has 2 rings (SSSR count). The number of hydrogen-bond acceptors (Lipinski definition) is 3. The van der Waals surface area contributed by atoms with Crippen LogP contribution in [0.15, 0.2) is 18.2 Å². The number of carbonyl (C=O) groups is 1. The Bertz CT molecular complexity index is 469. The standard InChI is InChI=1S/C14H19FN2O2/c1-10(18)14-12(15)4-3-5-13(14)17-8-6-16(7-9-17)11(2)19/h3-5,10,18H,6-9H2,1-2H3. The van der Waals surface area contributed by atoms with Gasteiger partial charge in [-0.05, 0) is 19.1 Å². The highest BCUT2D eigenvalue weighted by Gasteiger charge is 2.23. The summed E-state index contributed by atoms with van der Waals surface area (Å²) in [4.78, 5) is 15.1. The van der Waals surface area contributed by atoms with Crippen molar-refractivity contribution in [3.63, 3.8) is 0 Å². The maximum Gasteiger partial charge on any atom is 0.219 e. The van der Waals surface area contributed by atoms with Gasteiger partial charge < -0.3 is 14.9 Å². The smallest absolute Gasteiger partial charge is 0.219 e. The number of halogens is 1. The minimum Gasteiger partial charge on any atom is -0.389 e. The lowest BCUT2D eigenvalue weighted by molar-refractivity contribution is -0.129. The van der Waals surface area contributed by atoms with E-state index < -0.39 is 6.10 Å². The molecule has 0 radical (unpaired) electrons. The summed E-state index contributed by atoms with van der Waals surface area (Å²) in [6.07, 6.45) is -0.845. The summed E-state index contributed by atoms with van der Waals surface area (Å²) < 4.78 is 13.8. The van der Waals surface area contributed by atoms with Gasteiger partial charge in [-0.3, -0.25) is 4.79 Å². The van der Waals surface area contributed by atoms with Crippen LogP contribution in [0.25, 0.3) is 0 Å². The van der Waals surface area contributed by atoms with Gasteiger partial charge in [0.15, 0.2) is 0 Å². The van der Waals surface area contributed by atoms with Crippen LogP contribution in [0.4, 0.5) is 10.1 Å². The molecule has 1 heterocycles. The van der Waals surface area contributed by atoms with Crippen molar-refractivity contribution >= 4 is 11.6 Å². The average Bonchev–Trinajstić information content (AvgIpc) is 2.38. The minimum absolute atomic E-state index is 0.0645. The highest BCUT2D eigenvalue weighted by molar-refractivity contribution is 5.73. The summed E-state index contributed by atoms with van der Waals surface area (Å²) in [6, 6.07) is 4.82. The molecule has 0 saturated carbocycles. The molecule has 1 N–H and O–H groups in total. The van der Waals surface area contributed by atoms with E-state index in [1.807, 2.05) is 11.0 Å². The summed E-state index contributed by atoms with van der Waals surface area (Å²) in [5.74, 6) is -0.323. The van der Waals surface area contributed by atoms with E-state index >= 15 is 0 Å². The molecule has 1 aromatic rings. The van der Waals surface area contributed by atoms with E-state index in [0.717, 1.165) is 5.69 Å². The number of benzene rings is 1. The third kappa shape index (κ3) is 2.87. The lowest BCUT2D eigenvalue weighted by Gasteiger charge is -2.37. The van der Waals surface area contributed by atoms with Gasteiger partial charge in [-0.25, -0.2) is 4.39 Å². The monoisotopic (exact) mass is 266 g/mol. The molecule has 0 spiro atoms. The molecule has 1 aliphatic heterocycles. The van der Waals surface area contributed by atoms with Crippen LogP contribution in [-0.4, -0.2) is 42.1 Å². The quantitative estimate of drug-likeness (QED) is 0.883. The molecular formula is C14H19FN2O2. The molecular weight excluding hydrogens is 247 g/mol. The van der Waals surface area contributed by atoms with E-state index in [1.165, 1.54) is 6.07 Å². The first-order chi connectivity index (χ1) is 9.00. The van der Waals surface area contributed by atoms with Gasteiger partial charge in [-0.15, -0.1) is 0 Å². The molecule has 0 bridgehead atoms. The Morgan fingerprint density at radius 1 is 1.32 bits per heavy atom. The molecule has 4 nitrogen and oxygen atoms in total. The Hall–Kier alpha value is -1.62. The molecule has 104 valence electrons. The molecule has 1 aromatic carbocycles. The summed E-state index contributed by atoms with van der Waals surface area (Å²) in [7, 11) is 0. The maximum atomic E-state index is 13.8. The van der Waals surface area contributed by atoms with Gasteiger partial charge in [0, 0.05) is 44.4 Å². The summed E-state index contributed by atoms with van der Waals surface area (Å²) in [5, 5.41) is 9.73. The fourth-order valence-corrected chi connectivity index (χ4v) is 2.48. The second kappa shape index (κ2) is 5.57. The molecule has 1 fully saturated rings. The van der Waals surface area contributed by atoms with Crippen LogP contribution in [0, 0.1) is 5.82 Å². The topological polar surface area (TPSA) is 43.8 Å². The van der Waals surface area contributed by atoms with Gasteiger partial charge in [-0.2, -0.15) is 0 Å². The zero-order chi connectivity index (χ0) is 14.0. The van der Waals surface area contributed by atoms with Crippen LogP contribution in [0.3, 0.4) is 0 Å². The Morgan fingerprint density at radius 2 is 1.95 bits per heavy atom. The van der Waals surface area contributed by atoms with Crippen LogP contribution in [0.2, 0.25) is 0 Å². The Labute approximate surface area is 112 Å². The number of rotatable bonds is 2. The van der Waals surface area contributed by atoms with Crippen LogP contribution in [-0.2, 0) is 4.79 Å². The molecule has 5 heteroatoms. The normalized spacial score (nSPS) is 17.5. The second-order valence-corrected chi connectivity index (χ2v) is 4.84. The van der Waals surface area contributed by atoms with E-state index in [4.69, 9.17) is 0 Å². The molecule has 1 aliphatic rings. The van der Waals surface area contributed by atoms with Gasteiger partial charge in [0.25, 0.3) is 0 Å². The molecule has 1 amide bonds. The maximum absolute atomic E-state index is 13.8. The van der Waals surface area contributed by atoms with Crippen LogP contribution in [0.1, 0.15) is 25.5 Å². The molecule has 19 heavy (non-hydrogen) atoms. The number of aliphatic hydroxyl groups is 1. The molecule has 1 saturated heterocycles. The number of amides is 1. The van der Waals surface area contributed by atoms with E-state index in [2.05, 4.69) is 0 Å². The summed E-state index contributed by atoms with van der Waals surface area (Å²) in [6.45, 7) is 5.69. The molecule has 0 aromatic heterocycles. The first-order valence-corrected chi connectivity index (χ1v) is 6.47. The van der Waals surface area contributed by atoms with Crippen molar-refractivity contribution in [2.45, 2.75) is 20.0 Å². The fourth-order valence-electron chi connectivity index (χ4n) is 2.48. The lowest BCUT2D eigenvalue weighted by Crippen LogP contribution is -2.48. The lowest BCUT2D eigenvalue weighted by atomic mass is 10.1. The Kier molecular flexibility index (Phi) is 4.04. The third-order valence-corrected chi connectivity index (χ3v) is 3.51. The van der Waals surface area contributed by atoms with Gasteiger partial charge >= 0.3 is 0 Å². The largest absolute Gasteiger partial charge is 0.389 e. The van der Waals surface area contributed by atoms with Crippen LogP contribution >= 0.6 is 0 Å². The zero-order valence-electron chi connectivity index (χ0n) is 11.3. The number of hydrogen-bond donors (Lipinski definition) is 1. The van der Waals surface area contributed by atoms with E-state index in [-0.39, 0.29) is 11.7 Å². The summed E-state index contributed by atoms with van der Waals surface area (Å²) in [5.41, 5.74) is 1.05. The third-order valence-electron chi connectivity index (χ3n) is 3.51. The SMILES string of the molecule is CC(=O)N1CCN(c2cccc(F)c2C(C)O)CC1. The first kappa shape index (κ1) is 13.8. The number of nitrogens with zero attached hydrogens (tertiary/aromatic N) is 2. The van der Waals surface area contributed by atoms with Gasteiger partial charge in [0.2, 0.25) is 5.91 Å². The number of anilines is 1. The van der Waals surface area contributed by atoms with Crippen molar-refractivity contribution in [3.8, 4) is 0 Å². The fraction of sp³-hybridized carbons (Fsp3) is 0.500. The van der Waals surface area contributed by atoms with E-state index in [9.17, 15) is 14.3 Å². The number of carbonyl (C=O) groups excluding carboxylic acids is 1. The van der Waals surface area contributed by atoms with E-state index in [0.29, 0.717) is 31.7 Å². The molecule has 1 unspecified atom stereocenters. The van der Waals surface area contributed by atoms with Crippen LogP contribution in [0.5, 0.6) is 0 Å². The van der Waals surface area contributed by atoms with Crippen molar-refractivity contribution in [3.05, 3.63) is 29.6 Å². The minimum atomic E-state index is -0.845. The predicted molar refractivity (Wildman–Crippen MR) is 71.5 cm³/mol. The first-order valence-electron chi connectivity index (χ1n) is 6.47. The Morgan fingerprint density at radius 3 is 2.47 bits per heavy atom. The van der Waals surface area contributed by atoms with Crippen molar-refractivity contribution in [1.29, 1.82) is 0 Å². The zero-order valence-corrected chi connectivity index (χ0v) is 11.3. The molecule has 0 aliphatic carbocycles. The van der Waals surface area contributed by atoms with Gasteiger partial charge in [0.05, 0.1) is 6.10 Å². The van der Waals surface area contributed by atoms with Gasteiger partial charge in [0.1, 0.15) is 5.82 Å². The van der Waals surface area contributed by atoms with E-state index in [1.54, 1.807) is 24.8 Å².